The van der Waals surface area contributed by atoms with Gasteiger partial charge in [-0.2, -0.15) is 0 Å². The van der Waals surface area contributed by atoms with Crippen molar-refractivity contribution in [1.29, 1.82) is 0 Å². The topological polar surface area (TPSA) is 23.5 Å². The Bertz CT molecular complexity index is 422. The highest BCUT2D eigenvalue weighted by Crippen LogP contribution is 2.31. The Hall–Kier alpha value is -0.280. The van der Waals surface area contributed by atoms with Crippen LogP contribution in [0, 0.1) is 5.92 Å². The highest BCUT2D eigenvalue weighted by Gasteiger charge is 2.29. The summed E-state index contributed by atoms with van der Waals surface area (Å²) in [6.45, 7) is 6.01. The number of hydrogen-bond acceptors (Lipinski definition) is 2. The fourth-order valence-corrected chi connectivity index (χ4v) is 2.85. The molecule has 3 atom stereocenters. The summed E-state index contributed by atoms with van der Waals surface area (Å²) in [7, 11) is 0. The van der Waals surface area contributed by atoms with E-state index in [0.29, 0.717) is 22.0 Å². The number of aliphatic hydroxyl groups is 1. The minimum absolute atomic E-state index is 0.226. The van der Waals surface area contributed by atoms with E-state index >= 15 is 0 Å². The molecule has 4 heteroatoms. The van der Waals surface area contributed by atoms with Crippen molar-refractivity contribution in [1.82, 2.24) is 4.90 Å². The molecule has 1 heterocycles. The second-order valence-electron chi connectivity index (χ2n) is 5.13. The minimum atomic E-state index is -0.226. The molecule has 1 aromatic carbocycles. The van der Waals surface area contributed by atoms with Gasteiger partial charge in [-0.3, -0.25) is 4.90 Å². The number of hydrogen-bond donors (Lipinski definition) is 1. The van der Waals surface area contributed by atoms with Crippen molar-refractivity contribution in [2.45, 2.75) is 32.4 Å². The standard InChI is InChI=1S/C14H19Cl2NO/c1-9(11-3-4-13(15)14(16)7-11)17-6-5-12(8-17)10(2)18/h3-4,7,9-10,12,18H,5-6,8H2,1-2H3. The van der Waals surface area contributed by atoms with Gasteiger partial charge in [-0.25, -0.2) is 0 Å². The maximum atomic E-state index is 9.64. The van der Waals surface area contributed by atoms with Gasteiger partial charge in [0.2, 0.25) is 0 Å². The predicted molar refractivity (Wildman–Crippen MR) is 76.2 cm³/mol. The predicted octanol–water partition coefficient (Wildman–Crippen LogP) is 3.76. The van der Waals surface area contributed by atoms with Gasteiger partial charge in [0.1, 0.15) is 0 Å². The van der Waals surface area contributed by atoms with Gasteiger partial charge in [0, 0.05) is 12.6 Å². The van der Waals surface area contributed by atoms with Crippen LogP contribution in [0.5, 0.6) is 0 Å². The van der Waals surface area contributed by atoms with Crippen molar-refractivity contribution in [2.75, 3.05) is 13.1 Å². The number of likely N-dealkylation sites (tertiary alicyclic amines) is 1. The van der Waals surface area contributed by atoms with Crippen molar-refractivity contribution in [2.24, 2.45) is 5.92 Å². The average molecular weight is 288 g/mol. The van der Waals surface area contributed by atoms with E-state index in [-0.39, 0.29) is 6.10 Å². The summed E-state index contributed by atoms with van der Waals surface area (Å²) in [5.41, 5.74) is 1.18. The number of halogens is 2. The van der Waals surface area contributed by atoms with Crippen molar-refractivity contribution < 1.29 is 5.11 Å². The summed E-state index contributed by atoms with van der Waals surface area (Å²) >= 11 is 12.0. The molecule has 3 unspecified atom stereocenters. The summed E-state index contributed by atoms with van der Waals surface area (Å²) in [6.07, 6.45) is 0.833. The van der Waals surface area contributed by atoms with E-state index in [1.165, 1.54) is 5.56 Å². The van der Waals surface area contributed by atoms with Gasteiger partial charge in [-0.1, -0.05) is 29.3 Å². The molecule has 1 N–H and O–H groups in total. The van der Waals surface area contributed by atoms with Crippen LogP contribution >= 0.6 is 23.2 Å². The molecule has 0 bridgehead atoms. The van der Waals surface area contributed by atoms with Crippen LogP contribution in [0.25, 0.3) is 0 Å². The van der Waals surface area contributed by atoms with E-state index in [4.69, 9.17) is 23.2 Å². The molecule has 2 rings (SSSR count). The zero-order chi connectivity index (χ0) is 13.3. The smallest absolute Gasteiger partial charge is 0.0595 e. The second-order valence-corrected chi connectivity index (χ2v) is 5.95. The number of benzene rings is 1. The average Bonchev–Trinajstić information content (AvgIpc) is 2.81. The summed E-state index contributed by atoms with van der Waals surface area (Å²) in [5.74, 6) is 0.384. The van der Waals surface area contributed by atoms with Crippen LogP contribution in [0.2, 0.25) is 10.0 Å². The molecule has 1 aliphatic rings. The van der Waals surface area contributed by atoms with Crippen LogP contribution in [-0.2, 0) is 0 Å². The quantitative estimate of drug-likeness (QED) is 0.915. The monoisotopic (exact) mass is 287 g/mol. The van der Waals surface area contributed by atoms with Crippen LogP contribution < -0.4 is 0 Å². The van der Waals surface area contributed by atoms with Gasteiger partial charge in [0.15, 0.2) is 0 Å². The van der Waals surface area contributed by atoms with Crippen molar-refractivity contribution >= 4 is 23.2 Å². The van der Waals surface area contributed by atoms with Crippen LogP contribution in [0.15, 0.2) is 18.2 Å². The third-order valence-electron chi connectivity index (χ3n) is 3.91. The van der Waals surface area contributed by atoms with Crippen LogP contribution in [0.4, 0.5) is 0 Å². The van der Waals surface area contributed by atoms with Crippen LogP contribution in [0.1, 0.15) is 31.9 Å². The lowest BCUT2D eigenvalue weighted by atomic mass is 10.0. The van der Waals surface area contributed by atoms with Crippen molar-refractivity contribution in [3.05, 3.63) is 33.8 Å². The SMILES string of the molecule is CC(O)C1CCN(C(C)c2ccc(Cl)c(Cl)c2)C1. The summed E-state index contributed by atoms with van der Waals surface area (Å²) < 4.78 is 0. The Kier molecular flexibility index (Phi) is 4.54. The van der Waals surface area contributed by atoms with Crippen molar-refractivity contribution in [3.8, 4) is 0 Å². The molecular formula is C14H19Cl2NO. The summed E-state index contributed by atoms with van der Waals surface area (Å²) in [5, 5.41) is 10.8. The van der Waals surface area contributed by atoms with E-state index in [1.54, 1.807) is 0 Å². The van der Waals surface area contributed by atoms with Gasteiger partial charge in [0.25, 0.3) is 0 Å². The van der Waals surface area contributed by atoms with Gasteiger partial charge in [0.05, 0.1) is 16.1 Å². The first-order valence-electron chi connectivity index (χ1n) is 6.36. The van der Waals surface area contributed by atoms with E-state index in [2.05, 4.69) is 11.8 Å². The molecule has 0 saturated carbocycles. The van der Waals surface area contributed by atoms with Crippen molar-refractivity contribution in [3.63, 3.8) is 0 Å². The molecule has 18 heavy (non-hydrogen) atoms. The molecule has 1 fully saturated rings. The van der Waals surface area contributed by atoms with Gasteiger partial charge in [-0.05, 0) is 50.4 Å². The highest BCUT2D eigenvalue weighted by atomic mass is 35.5. The highest BCUT2D eigenvalue weighted by molar-refractivity contribution is 6.42. The molecule has 1 aromatic rings. The molecule has 2 nitrogen and oxygen atoms in total. The zero-order valence-corrected chi connectivity index (χ0v) is 12.2. The number of nitrogens with zero attached hydrogens (tertiary/aromatic N) is 1. The van der Waals surface area contributed by atoms with Gasteiger partial charge in [-0.15, -0.1) is 0 Å². The van der Waals surface area contributed by atoms with E-state index in [1.807, 2.05) is 25.1 Å². The first-order valence-corrected chi connectivity index (χ1v) is 7.11. The lowest BCUT2D eigenvalue weighted by molar-refractivity contribution is 0.123. The Morgan fingerprint density at radius 3 is 2.56 bits per heavy atom. The molecule has 0 spiro atoms. The third kappa shape index (κ3) is 3.00. The maximum Gasteiger partial charge on any atom is 0.0595 e. The first kappa shape index (κ1) is 14.1. The molecule has 0 aromatic heterocycles. The molecule has 0 aliphatic carbocycles. The number of aliphatic hydroxyl groups excluding tert-OH is 1. The molecule has 1 aliphatic heterocycles. The van der Waals surface area contributed by atoms with E-state index in [0.717, 1.165) is 19.5 Å². The lowest BCUT2D eigenvalue weighted by Crippen LogP contribution is -2.27. The lowest BCUT2D eigenvalue weighted by Gasteiger charge is -2.25. The largest absolute Gasteiger partial charge is 0.393 e. The van der Waals surface area contributed by atoms with Gasteiger partial charge < -0.3 is 5.11 Å². The van der Waals surface area contributed by atoms with Gasteiger partial charge >= 0.3 is 0 Å². The fourth-order valence-electron chi connectivity index (χ4n) is 2.54. The van der Waals surface area contributed by atoms with E-state index < -0.39 is 0 Å². The number of rotatable bonds is 3. The van der Waals surface area contributed by atoms with Crippen LogP contribution in [0.3, 0.4) is 0 Å². The fraction of sp³-hybridized carbons (Fsp3) is 0.571. The maximum absolute atomic E-state index is 9.64. The normalized spacial score (nSPS) is 24.2. The Labute approximate surface area is 119 Å². The molecule has 0 amide bonds. The summed E-state index contributed by atoms with van der Waals surface area (Å²) in [6, 6.07) is 6.11. The Morgan fingerprint density at radius 2 is 2.00 bits per heavy atom. The second kappa shape index (κ2) is 5.79. The van der Waals surface area contributed by atoms with Crippen LogP contribution in [-0.4, -0.2) is 29.2 Å². The molecule has 100 valence electrons. The molecule has 0 radical (unpaired) electrons. The minimum Gasteiger partial charge on any atom is -0.393 e. The molecule has 1 saturated heterocycles. The molecular weight excluding hydrogens is 269 g/mol. The first-order chi connectivity index (χ1) is 8.49. The third-order valence-corrected chi connectivity index (χ3v) is 4.65. The Morgan fingerprint density at radius 1 is 1.28 bits per heavy atom. The Balaban J connectivity index is 2.07. The zero-order valence-electron chi connectivity index (χ0n) is 10.7. The summed E-state index contributed by atoms with van der Waals surface area (Å²) in [4.78, 5) is 2.39. The van der Waals surface area contributed by atoms with E-state index in [9.17, 15) is 5.11 Å².